The Bertz CT molecular complexity index is 1110. The second kappa shape index (κ2) is 8.31. The molecule has 1 fully saturated rings. The number of anilines is 1. The van der Waals surface area contributed by atoms with Crippen LogP contribution in [0.5, 0.6) is 0 Å². The van der Waals surface area contributed by atoms with Gasteiger partial charge in [0.05, 0.1) is 5.88 Å². The van der Waals surface area contributed by atoms with Gasteiger partial charge in [-0.2, -0.15) is 5.10 Å². The zero-order chi connectivity index (χ0) is 21.3. The summed E-state index contributed by atoms with van der Waals surface area (Å²) in [5.41, 5.74) is 3.37. The molecule has 4 rings (SSSR count). The molecule has 3 aromatic rings. The zero-order valence-electron chi connectivity index (χ0n) is 16.6. The molecule has 1 aromatic heterocycles. The highest BCUT2D eigenvalue weighted by atomic mass is 32.2. The number of halogens is 1. The van der Waals surface area contributed by atoms with Gasteiger partial charge in [-0.25, -0.2) is 9.07 Å². The highest BCUT2D eigenvalue weighted by Gasteiger charge is 2.36. The monoisotopic (exact) mass is 424 g/mol. The number of aromatic nitrogens is 2. The molecular formula is C22H21FN4O2S. The molecule has 2 aromatic carbocycles. The van der Waals surface area contributed by atoms with E-state index in [1.165, 1.54) is 33.5 Å². The quantitative estimate of drug-likeness (QED) is 0.692. The Morgan fingerprint density at radius 3 is 2.70 bits per heavy atom. The highest BCUT2D eigenvalue weighted by Crippen LogP contribution is 2.25. The lowest BCUT2D eigenvalue weighted by Gasteiger charge is -2.22. The van der Waals surface area contributed by atoms with Gasteiger partial charge in [-0.1, -0.05) is 18.2 Å². The third kappa shape index (κ3) is 3.95. The van der Waals surface area contributed by atoms with E-state index in [0.29, 0.717) is 17.3 Å². The largest absolute Gasteiger partial charge is 0.324 e. The van der Waals surface area contributed by atoms with Crippen LogP contribution in [-0.2, 0) is 4.79 Å². The van der Waals surface area contributed by atoms with Gasteiger partial charge in [0.25, 0.3) is 5.91 Å². The van der Waals surface area contributed by atoms with Crippen LogP contribution >= 0.6 is 11.8 Å². The third-order valence-electron chi connectivity index (χ3n) is 5.13. The molecule has 0 saturated carbocycles. The van der Waals surface area contributed by atoms with Crippen LogP contribution in [0.4, 0.5) is 10.1 Å². The number of carbonyl (C=O) groups is 2. The maximum atomic E-state index is 14.0. The van der Waals surface area contributed by atoms with Crippen molar-refractivity contribution < 1.29 is 14.0 Å². The second-order valence-corrected chi connectivity index (χ2v) is 8.18. The maximum Gasteiger partial charge on any atom is 0.275 e. The van der Waals surface area contributed by atoms with E-state index < -0.39 is 11.9 Å². The number of amides is 2. The highest BCUT2D eigenvalue weighted by molar-refractivity contribution is 7.99. The van der Waals surface area contributed by atoms with Crippen LogP contribution in [0.1, 0.15) is 21.6 Å². The molecule has 1 saturated heterocycles. The van der Waals surface area contributed by atoms with Gasteiger partial charge < -0.3 is 10.2 Å². The van der Waals surface area contributed by atoms with Crippen LogP contribution in [0.25, 0.3) is 5.69 Å². The van der Waals surface area contributed by atoms with E-state index in [0.717, 1.165) is 11.1 Å². The van der Waals surface area contributed by atoms with Gasteiger partial charge in [0.15, 0.2) is 5.69 Å². The van der Waals surface area contributed by atoms with E-state index in [1.54, 1.807) is 24.4 Å². The molecule has 6 nitrogen and oxygen atoms in total. The molecular weight excluding hydrogens is 403 g/mol. The van der Waals surface area contributed by atoms with E-state index in [1.807, 2.05) is 32.0 Å². The molecule has 1 aliphatic rings. The Labute approximate surface area is 178 Å². The number of hydrogen-bond acceptors (Lipinski definition) is 4. The average Bonchev–Trinajstić information content (AvgIpc) is 3.40. The summed E-state index contributed by atoms with van der Waals surface area (Å²) in [6.45, 7) is 3.99. The van der Waals surface area contributed by atoms with Crippen molar-refractivity contribution in [2.24, 2.45) is 0 Å². The summed E-state index contributed by atoms with van der Waals surface area (Å²) in [5.74, 6) is -0.102. The minimum absolute atomic E-state index is 0.171. The van der Waals surface area contributed by atoms with Crippen LogP contribution in [0, 0.1) is 19.7 Å². The molecule has 1 unspecified atom stereocenters. The molecule has 1 N–H and O–H groups in total. The van der Waals surface area contributed by atoms with Gasteiger partial charge in [-0.05, 0) is 55.3 Å². The number of carbonyl (C=O) groups excluding carboxylic acids is 2. The summed E-state index contributed by atoms with van der Waals surface area (Å²) < 4.78 is 15.3. The van der Waals surface area contributed by atoms with E-state index in [4.69, 9.17) is 0 Å². The molecule has 2 heterocycles. The van der Waals surface area contributed by atoms with Crippen LogP contribution in [0.15, 0.2) is 54.7 Å². The molecule has 30 heavy (non-hydrogen) atoms. The summed E-state index contributed by atoms with van der Waals surface area (Å²) in [5, 5.41) is 7.13. The van der Waals surface area contributed by atoms with Gasteiger partial charge in [0.1, 0.15) is 17.5 Å². The van der Waals surface area contributed by atoms with Crippen LogP contribution in [0.3, 0.4) is 0 Å². The molecule has 0 spiro atoms. The minimum atomic E-state index is -0.595. The first-order chi connectivity index (χ1) is 14.4. The molecule has 0 bridgehead atoms. The van der Waals surface area contributed by atoms with Gasteiger partial charge in [-0.3, -0.25) is 9.59 Å². The molecule has 154 valence electrons. The number of nitrogens with one attached hydrogen (secondary N) is 1. The summed E-state index contributed by atoms with van der Waals surface area (Å²) in [6, 6.07) is 12.9. The number of nitrogens with zero attached hydrogens (tertiary/aromatic N) is 3. The first kappa shape index (κ1) is 20.2. The Morgan fingerprint density at radius 1 is 1.13 bits per heavy atom. The normalized spacial score (nSPS) is 16.0. The van der Waals surface area contributed by atoms with E-state index >= 15 is 0 Å². The fourth-order valence-electron chi connectivity index (χ4n) is 3.26. The molecule has 1 aliphatic heterocycles. The number of benzene rings is 2. The van der Waals surface area contributed by atoms with Gasteiger partial charge >= 0.3 is 0 Å². The number of aryl methyl sites for hydroxylation is 2. The van der Waals surface area contributed by atoms with Crippen LogP contribution in [0.2, 0.25) is 0 Å². The SMILES string of the molecule is Cc1ccc(NC(=O)C2CSCN2C(=O)c2ccn(-c3ccccc3F)n2)cc1C. The van der Waals surface area contributed by atoms with E-state index in [2.05, 4.69) is 10.4 Å². The number of hydrogen-bond donors (Lipinski definition) is 1. The minimum Gasteiger partial charge on any atom is -0.324 e. The fraction of sp³-hybridized carbons (Fsp3) is 0.227. The van der Waals surface area contributed by atoms with Crippen molar-refractivity contribution in [3.63, 3.8) is 0 Å². The van der Waals surface area contributed by atoms with Crippen molar-refractivity contribution in [2.75, 3.05) is 16.9 Å². The predicted molar refractivity (Wildman–Crippen MR) is 115 cm³/mol. The molecule has 2 amide bonds. The first-order valence-corrected chi connectivity index (χ1v) is 10.7. The van der Waals surface area contributed by atoms with E-state index in [9.17, 15) is 14.0 Å². The number of thioether (sulfide) groups is 1. The van der Waals surface area contributed by atoms with Crippen molar-refractivity contribution in [3.8, 4) is 5.69 Å². The lowest BCUT2D eigenvalue weighted by atomic mass is 10.1. The molecule has 8 heteroatoms. The van der Waals surface area contributed by atoms with Crippen molar-refractivity contribution >= 4 is 29.3 Å². The summed E-state index contributed by atoms with van der Waals surface area (Å²) >= 11 is 1.51. The summed E-state index contributed by atoms with van der Waals surface area (Å²) in [4.78, 5) is 27.3. The first-order valence-electron chi connectivity index (χ1n) is 9.51. The van der Waals surface area contributed by atoms with Crippen molar-refractivity contribution in [1.82, 2.24) is 14.7 Å². The standard InChI is InChI=1S/C22H21FN4O2S/c1-14-7-8-16(11-15(14)2)24-21(28)20-12-30-13-26(20)22(29)18-9-10-27(25-18)19-6-4-3-5-17(19)23/h3-11,20H,12-13H2,1-2H3,(H,24,28). The lowest BCUT2D eigenvalue weighted by Crippen LogP contribution is -2.44. The van der Waals surface area contributed by atoms with Crippen LogP contribution < -0.4 is 5.32 Å². The predicted octanol–water partition coefficient (Wildman–Crippen LogP) is 3.78. The Kier molecular flexibility index (Phi) is 5.59. The Balaban J connectivity index is 1.50. The van der Waals surface area contributed by atoms with E-state index in [-0.39, 0.29) is 23.2 Å². The zero-order valence-corrected chi connectivity index (χ0v) is 17.4. The third-order valence-corrected chi connectivity index (χ3v) is 6.14. The van der Waals surface area contributed by atoms with Crippen molar-refractivity contribution in [2.45, 2.75) is 19.9 Å². The number of para-hydroxylation sites is 1. The molecule has 0 aliphatic carbocycles. The lowest BCUT2D eigenvalue weighted by molar-refractivity contribution is -0.119. The van der Waals surface area contributed by atoms with Gasteiger partial charge in [0.2, 0.25) is 5.91 Å². The second-order valence-electron chi connectivity index (χ2n) is 7.18. The van der Waals surface area contributed by atoms with Gasteiger partial charge in [0, 0.05) is 17.6 Å². The molecule has 0 radical (unpaired) electrons. The van der Waals surface area contributed by atoms with Crippen molar-refractivity contribution in [1.29, 1.82) is 0 Å². The molecule has 1 atom stereocenters. The van der Waals surface area contributed by atoms with Crippen LogP contribution in [-0.4, -0.2) is 44.2 Å². The Morgan fingerprint density at radius 2 is 1.93 bits per heavy atom. The fourth-order valence-corrected chi connectivity index (χ4v) is 4.42. The van der Waals surface area contributed by atoms with Gasteiger partial charge in [-0.15, -0.1) is 11.8 Å². The smallest absolute Gasteiger partial charge is 0.275 e. The Hall–Kier alpha value is -3.13. The number of rotatable bonds is 4. The van der Waals surface area contributed by atoms with Crippen molar-refractivity contribution in [3.05, 3.63) is 77.4 Å². The topological polar surface area (TPSA) is 67.2 Å². The summed E-state index contributed by atoms with van der Waals surface area (Å²) in [6.07, 6.45) is 1.54. The average molecular weight is 425 g/mol. The maximum absolute atomic E-state index is 14.0. The summed E-state index contributed by atoms with van der Waals surface area (Å²) in [7, 11) is 0.